The Bertz CT molecular complexity index is 1440. The number of anilines is 3. The number of rotatable bonds is 8. The van der Waals surface area contributed by atoms with E-state index in [1.54, 1.807) is 4.90 Å². The summed E-state index contributed by atoms with van der Waals surface area (Å²) in [4.78, 5) is 31.8. The Kier molecular flexibility index (Phi) is 9.17. The molecule has 0 spiro atoms. The van der Waals surface area contributed by atoms with Crippen LogP contribution in [0.4, 0.5) is 17.1 Å². The van der Waals surface area contributed by atoms with E-state index in [2.05, 4.69) is 64.6 Å². The smallest absolute Gasteiger partial charge is 0.251 e. The van der Waals surface area contributed by atoms with Crippen LogP contribution in [0.2, 0.25) is 0 Å². The molecule has 3 aliphatic heterocycles. The van der Waals surface area contributed by atoms with E-state index >= 15 is 0 Å². The number of nitrogens with zero attached hydrogens (tertiary/aromatic N) is 3. The molecule has 2 saturated heterocycles. The van der Waals surface area contributed by atoms with Crippen LogP contribution >= 0.6 is 0 Å². The Balaban J connectivity index is 1.16. The highest BCUT2D eigenvalue weighted by Gasteiger charge is 2.21. The second kappa shape index (κ2) is 13.5. The average Bonchev–Trinajstić information content (AvgIpc) is 3.25. The van der Waals surface area contributed by atoms with Crippen molar-refractivity contribution in [3.63, 3.8) is 0 Å². The minimum Gasteiger partial charge on any atom is -0.381 e. The molecule has 0 aliphatic carbocycles. The predicted molar refractivity (Wildman–Crippen MR) is 171 cm³/mol. The van der Waals surface area contributed by atoms with Gasteiger partial charge < -0.3 is 24.6 Å². The molecule has 0 atom stereocenters. The van der Waals surface area contributed by atoms with E-state index in [0.717, 1.165) is 93.4 Å². The van der Waals surface area contributed by atoms with Crippen LogP contribution in [0, 0.1) is 0 Å². The molecule has 3 heterocycles. The van der Waals surface area contributed by atoms with Crippen molar-refractivity contribution in [2.45, 2.75) is 31.8 Å². The molecule has 1 N–H and O–H groups in total. The van der Waals surface area contributed by atoms with Gasteiger partial charge in [0.15, 0.2) is 0 Å². The molecule has 0 saturated carbocycles. The average molecular weight is 581 g/mol. The number of morpholine rings is 1. The Morgan fingerprint density at radius 3 is 2.33 bits per heavy atom. The third-order valence-corrected chi connectivity index (χ3v) is 8.74. The first-order valence-corrected chi connectivity index (χ1v) is 15.3. The monoisotopic (exact) mass is 580 g/mol. The number of nitrogens with one attached hydrogen (secondary N) is 1. The molecule has 8 heteroatoms. The lowest BCUT2D eigenvalue weighted by Crippen LogP contribution is -2.36. The van der Waals surface area contributed by atoms with Crippen molar-refractivity contribution in [3.8, 4) is 11.1 Å². The number of carbonyl (C=O) groups is 2. The van der Waals surface area contributed by atoms with Crippen LogP contribution in [-0.4, -0.2) is 76.4 Å². The van der Waals surface area contributed by atoms with Crippen molar-refractivity contribution < 1.29 is 19.1 Å². The molecule has 2 amide bonds. The number of hydrogen-bond acceptors (Lipinski definition) is 6. The van der Waals surface area contributed by atoms with E-state index < -0.39 is 0 Å². The lowest BCUT2D eigenvalue weighted by Gasteiger charge is -2.31. The molecule has 43 heavy (non-hydrogen) atoms. The van der Waals surface area contributed by atoms with Gasteiger partial charge in [-0.15, -0.1) is 0 Å². The fourth-order valence-corrected chi connectivity index (χ4v) is 6.16. The van der Waals surface area contributed by atoms with Crippen LogP contribution < -0.4 is 15.1 Å². The van der Waals surface area contributed by atoms with Gasteiger partial charge in [0, 0.05) is 62.4 Å². The highest BCUT2D eigenvalue weighted by Crippen LogP contribution is 2.33. The number of ether oxygens (including phenoxy) is 2. The first kappa shape index (κ1) is 29.1. The summed E-state index contributed by atoms with van der Waals surface area (Å²) < 4.78 is 11.0. The fourth-order valence-electron chi connectivity index (χ4n) is 6.16. The molecule has 224 valence electrons. The van der Waals surface area contributed by atoms with Crippen LogP contribution in [-0.2, 0) is 25.6 Å². The molecule has 0 unspecified atom stereocenters. The third kappa shape index (κ3) is 6.99. The molecule has 0 radical (unpaired) electrons. The van der Waals surface area contributed by atoms with Crippen molar-refractivity contribution in [1.29, 1.82) is 0 Å². The van der Waals surface area contributed by atoms with Crippen LogP contribution in [0.15, 0.2) is 72.3 Å². The van der Waals surface area contributed by atoms with Gasteiger partial charge in [0.1, 0.15) is 0 Å². The zero-order valence-electron chi connectivity index (χ0n) is 24.8. The highest BCUT2D eigenvalue weighted by molar-refractivity contribution is 6.08. The minimum absolute atomic E-state index is 0.147. The summed E-state index contributed by atoms with van der Waals surface area (Å²) in [5.74, 6) is -0.147. The normalized spacial score (nSPS) is 17.7. The highest BCUT2D eigenvalue weighted by atomic mass is 16.5. The van der Waals surface area contributed by atoms with E-state index in [-0.39, 0.29) is 5.91 Å². The molecule has 6 rings (SSSR count). The van der Waals surface area contributed by atoms with E-state index in [0.29, 0.717) is 24.6 Å². The van der Waals surface area contributed by atoms with Crippen LogP contribution in [0.1, 0.15) is 30.4 Å². The second-order valence-corrected chi connectivity index (χ2v) is 11.5. The Hall–Kier alpha value is -3.98. The molecule has 2 fully saturated rings. The lowest BCUT2D eigenvalue weighted by molar-refractivity contribution is -0.113. The third-order valence-electron chi connectivity index (χ3n) is 8.74. The zero-order valence-corrected chi connectivity index (χ0v) is 24.8. The SMILES string of the molecule is CN(Cc1ccc(NC(=O)C2=Cc3cc(-c4ccc(N5CCOCC5)cc4)ccc3N(C=O)CC2)cc1)C1CCOCC1. The van der Waals surface area contributed by atoms with Gasteiger partial charge in [-0.2, -0.15) is 0 Å². The predicted octanol–water partition coefficient (Wildman–Crippen LogP) is 5.19. The van der Waals surface area contributed by atoms with Crippen LogP contribution in [0.25, 0.3) is 17.2 Å². The first-order chi connectivity index (χ1) is 21.1. The Morgan fingerprint density at radius 1 is 0.907 bits per heavy atom. The van der Waals surface area contributed by atoms with Crippen molar-refractivity contribution in [2.75, 3.05) is 68.2 Å². The van der Waals surface area contributed by atoms with Crippen molar-refractivity contribution >= 4 is 35.5 Å². The fraction of sp³-hybridized carbons (Fsp3) is 0.371. The van der Waals surface area contributed by atoms with Gasteiger partial charge in [0.25, 0.3) is 5.91 Å². The van der Waals surface area contributed by atoms with Gasteiger partial charge in [-0.3, -0.25) is 14.5 Å². The summed E-state index contributed by atoms with van der Waals surface area (Å²) >= 11 is 0. The number of benzene rings is 3. The van der Waals surface area contributed by atoms with Crippen molar-refractivity contribution in [3.05, 3.63) is 83.4 Å². The van der Waals surface area contributed by atoms with Gasteiger partial charge in [-0.05, 0) is 91.0 Å². The summed E-state index contributed by atoms with van der Waals surface area (Å²) in [6.45, 7) is 6.26. The van der Waals surface area contributed by atoms with Gasteiger partial charge in [-0.1, -0.05) is 30.3 Å². The summed E-state index contributed by atoms with van der Waals surface area (Å²) in [6.07, 6.45) is 5.37. The molecule has 0 aromatic heterocycles. The van der Waals surface area contributed by atoms with E-state index in [1.165, 1.54) is 11.3 Å². The summed E-state index contributed by atoms with van der Waals surface area (Å²) in [6, 6.07) is 23.3. The number of fused-ring (bicyclic) bond motifs is 1. The maximum absolute atomic E-state index is 13.4. The standard InChI is InChI=1S/C35H40N4O4/c1-37(32-13-18-42-19-14-32)24-26-2-7-31(8-3-26)36-35(41)29-12-15-39(25-40)34-11-6-28(22-30(34)23-29)27-4-9-33(10-5-27)38-16-20-43-21-17-38/h2-11,22-23,25,32H,12-21,24H2,1H3,(H,36,41). The second-order valence-electron chi connectivity index (χ2n) is 11.5. The van der Waals surface area contributed by atoms with Crippen molar-refractivity contribution in [1.82, 2.24) is 4.90 Å². The topological polar surface area (TPSA) is 74.4 Å². The summed E-state index contributed by atoms with van der Waals surface area (Å²) in [7, 11) is 2.16. The number of amides is 2. The zero-order chi connectivity index (χ0) is 29.6. The molecule has 0 bridgehead atoms. The Morgan fingerprint density at radius 2 is 1.60 bits per heavy atom. The minimum atomic E-state index is -0.147. The molecule has 8 nitrogen and oxygen atoms in total. The molecule has 3 aromatic rings. The van der Waals surface area contributed by atoms with Crippen LogP contribution in [0.3, 0.4) is 0 Å². The molecule has 3 aromatic carbocycles. The molecule has 3 aliphatic rings. The van der Waals surface area contributed by atoms with E-state index in [1.807, 2.05) is 30.3 Å². The Labute approximate surface area is 253 Å². The van der Waals surface area contributed by atoms with Gasteiger partial charge in [0.05, 0.1) is 18.9 Å². The molecular formula is C35H40N4O4. The summed E-state index contributed by atoms with van der Waals surface area (Å²) in [5.41, 5.74) is 7.60. The van der Waals surface area contributed by atoms with Gasteiger partial charge in [0.2, 0.25) is 6.41 Å². The number of hydrogen-bond donors (Lipinski definition) is 1. The largest absolute Gasteiger partial charge is 0.381 e. The first-order valence-electron chi connectivity index (χ1n) is 15.3. The maximum Gasteiger partial charge on any atom is 0.251 e. The van der Waals surface area contributed by atoms with Crippen molar-refractivity contribution in [2.24, 2.45) is 0 Å². The quantitative estimate of drug-likeness (QED) is 0.370. The van der Waals surface area contributed by atoms with Crippen LogP contribution in [0.5, 0.6) is 0 Å². The number of carbonyl (C=O) groups excluding carboxylic acids is 2. The lowest BCUT2D eigenvalue weighted by atomic mass is 10.00. The molecular weight excluding hydrogens is 540 g/mol. The summed E-state index contributed by atoms with van der Waals surface area (Å²) in [5, 5.41) is 3.07. The maximum atomic E-state index is 13.4. The van der Waals surface area contributed by atoms with Gasteiger partial charge in [-0.25, -0.2) is 0 Å². The van der Waals surface area contributed by atoms with Gasteiger partial charge >= 0.3 is 0 Å². The van der Waals surface area contributed by atoms with E-state index in [9.17, 15) is 9.59 Å². The van der Waals surface area contributed by atoms with E-state index in [4.69, 9.17) is 9.47 Å².